The number of carbonyl (C=O) groups excluding carboxylic acids is 2. The average Bonchev–Trinajstić information content (AvgIpc) is 3.13. The number of azo groups is 1. The molecule has 2 aromatic carbocycles. The number of hydrogen-bond acceptors (Lipinski definition) is 7. The van der Waals surface area contributed by atoms with Gasteiger partial charge in [-0.1, -0.05) is 30.3 Å². The summed E-state index contributed by atoms with van der Waals surface area (Å²) in [6, 6.07) is 16.2. The van der Waals surface area contributed by atoms with E-state index in [1.165, 1.54) is 0 Å². The van der Waals surface area contributed by atoms with Crippen LogP contribution in [0.15, 0.2) is 69.3 Å². The van der Waals surface area contributed by atoms with Crippen molar-refractivity contribution in [1.82, 2.24) is 5.16 Å². The Morgan fingerprint density at radius 3 is 2.34 bits per heavy atom. The summed E-state index contributed by atoms with van der Waals surface area (Å²) in [7, 11) is 0. The van der Waals surface area contributed by atoms with Crippen LogP contribution in [0.3, 0.4) is 0 Å². The van der Waals surface area contributed by atoms with Crippen LogP contribution >= 0.6 is 0 Å². The van der Waals surface area contributed by atoms with E-state index in [4.69, 9.17) is 9.26 Å². The van der Waals surface area contributed by atoms with Crippen LogP contribution in [-0.4, -0.2) is 23.6 Å². The summed E-state index contributed by atoms with van der Waals surface area (Å²) in [4.78, 5) is 24.2. The zero-order chi connectivity index (χ0) is 20.6. The maximum atomic E-state index is 12.2. The SMILES string of the molecule is CCc1noc(C)c1C(=O)OCC(=O)Nc1ccc(N=Nc2ccccc2)cc1. The number of nitrogens with zero attached hydrogens (tertiary/aromatic N) is 3. The molecular weight excluding hydrogens is 372 g/mol. The number of anilines is 1. The van der Waals surface area contributed by atoms with E-state index in [9.17, 15) is 9.59 Å². The molecule has 8 heteroatoms. The lowest BCUT2D eigenvalue weighted by Crippen LogP contribution is -2.21. The van der Waals surface area contributed by atoms with Gasteiger partial charge in [0.05, 0.1) is 17.1 Å². The predicted octanol–water partition coefficient (Wildman–Crippen LogP) is 4.76. The summed E-state index contributed by atoms with van der Waals surface area (Å²) in [5, 5.41) is 14.7. The topological polar surface area (TPSA) is 106 Å². The van der Waals surface area contributed by atoms with Crippen molar-refractivity contribution in [3.63, 3.8) is 0 Å². The number of esters is 1. The van der Waals surface area contributed by atoms with Crippen molar-refractivity contribution in [3.8, 4) is 0 Å². The van der Waals surface area contributed by atoms with Crippen LogP contribution in [0.2, 0.25) is 0 Å². The molecule has 1 N–H and O–H groups in total. The molecule has 0 fully saturated rings. The Hall–Kier alpha value is -3.81. The third-order valence-electron chi connectivity index (χ3n) is 3.99. The molecule has 0 saturated heterocycles. The van der Waals surface area contributed by atoms with E-state index in [2.05, 4.69) is 20.7 Å². The first-order valence-electron chi connectivity index (χ1n) is 9.05. The zero-order valence-corrected chi connectivity index (χ0v) is 16.1. The summed E-state index contributed by atoms with van der Waals surface area (Å²) in [5.74, 6) is -0.718. The number of aryl methyl sites for hydroxylation is 2. The van der Waals surface area contributed by atoms with E-state index in [1.807, 2.05) is 37.3 Å². The van der Waals surface area contributed by atoms with E-state index in [0.717, 1.165) is 5.69 Å². The van der Waals surface area contributed by atoms with Gasteiger partial charge in [-0.25, -0.2) is 4.79 Å². The van der Waals surface area contributed by atoms with Crippen molar-refractivity contribution < 1.29 is 18.8 Å². The van der Waals surface area contributed by atoms with Gasteiger partial charge in [-0.15, -0.1) is 0 Å². The first-order chi connectivity index (χ1) is 14.1. The largest absolute Gasteiger partial charge is 0.452 e. The summed E-state index contributed by atoms with van der Waals surface area (Å²) in [5.41, 5.74) is 2.73. The highest BCUT2D eigenvalue weighted by atomic mass is 16.5. The molecule has 0 aliphatic heterocycles. The number of aromatic nitrogens is 1. The van der Waals surface area contributed by atoms with Crippen molar-refractivity contribution in [2.24, 2.45) is 10.2 Å². The van der Waals surface area contributed by atoms with Gasteiger partial charge < -0.3 is 14.6 Å². The first kappa shape index (κ1) is 19.9. The van der Waals surface area contributed by atoms with Crippen LogP contribution in [0.25, 0.3) is 0 Å². The molecular formula is C21H20N4O4. The summed E-state index contributed by atoms with van der Waals surface area (Å²) >= 11 is 0. The smallest absolute Gasteiger partial charge is 0.344 e. The maximum Gasteiger partial charge on any atom is 0.344 e. The molecule has 0 radical (unpaired) electrons. The Kier molecular flexibility index (Phi) is 6.47. The number of rotatable bonds is 7. The third kappa shape index (κ3) is 5.35. The third-order valence-corrected chi connectivity index (χ3v) is 3.99. The van der Waals surface area contributed by atoms with Crippen LogP contribution < -0.4 is 5.32 Å². The highest BCUT2D eigenvalue weighted by molar-refractivity contribution is 5.96. The molecule has 29 heavy (non-hydrogen) atoms. The van der Waals surface area contributed by atoms with Crippen molar-refractivity contribution in [3.05, 3.63) is 71.6 Å². The molecule has 0 aliphatic carbocycles. The second-order valence-corrected chi connectivity index (χ2v) is 6.12. The highest BCUT2D eigenvalue weighted by Crippen LogP contribution is 2.20. The normalized spacial score (nSPS) is 10.8. The minimum Gasteiger partial charge on any atom is -0.452 e. The molecule has 0 atom stereocenters. The quantitative estimate of drug-likeness (QED) is 0.461. The number of ether oxygens (including phenoxy) is 1. The highest BCUT2D eigenvalue weighted by Gasteiger charge is 2.21. The molecule has 1 aromatic heterocycles. The van der Waals surface area contributed by atoms with Gasteiger partial charge in [0.2, 0.25) is 0 Å². The number of benzene rings is 2. The molecule has 0 spiro atoms. The second kappa shape index (κ2) is 9.41. The number of carbonyl (C=O) groups is 2. The van der Waals surface area contributed by atoms with Gasteiger partial charge in [-0.05, 0) is 49.7 Å². The molecule has 3 aromatic rings. The monoisotopic (exact) mass is 392 g/mol. The number of amides is 1. The molecule has 1 heterocycles. The summed E-state index contributed by atoms with van der Waals surface area (Å²) < 4.78 is 10.1. The molecule has 0 unspecified atom stereocenters. The summed E-state index contributed by atoms with van der Waals surface area (Å²) in [6.45, 7) is 3.06. The average molecular weight is 392 g/mol. The number of nitrogens with one attached hydrogen (secondary N) is 1. The molecule has 0 saturated carbocycles. The van der Waals surface area contributed by atoms with Gasteiger partial charge in [0.1, 0.15) is 11.3 Å². The van der Waals surface area contributed by atoms with E-state index in [-0.39, 0.29) is 5.56 Å². The Bertz CT molecular complexity index is 1010. The molecule has 148 valence electrons. The van der Waals surface area contributed by atoms with Crippen LogP contribution in [0.4, 0.5) is 17.1 Å². The lowest BCUT2D eigenvalue weighted by atomic mass is 10.1. The Morgan fingerprint density at radius 1 is 1.03 bits per heavy atom. The Morgan fingerprint density at radius 2 is 1.69 bits per heavy atom. The second-order valence-electron chi connectivity index (χ2n) is 6.12. The van der Waals surface area contributed by atoms with E-state index in [1.54, 1.807) is 31.2 Å². The van der Waals surface area contributed by atoms with E-state index >= 15 is 0 Å². The van der Waals surface area contributed by atoms with Crippen molar-refractivity contribution >= 4 is 28.9 Å². The fourth-order valence-electron chi connectivity index (χ4n) is 2.54. The van der Waals surface area contributed by atoms with Gasteiger partial charge in [0.25, 0.3) is 5.91 Å². The zero-order valence-electron chi connectivity index (χ0n) is 16.1. The maximum absolute atomic E-state index is 12.2. The first-order valence-corrected chi connectivity index (χ1v) is 9.05. The van der Waals surface area contributed by atoms with Crippen molar-refractivity contribution in [2.75, 3.05) is 11.9 Å². The molecule has 8 nitrogen and oxygen atoms in total. The fourth-order valence-corrected chi connectivity index (χ4v) is 2.54. The standard InChI is InChI=1S/C21H20N4O4/c1-3-18-20(14(2)29-25-18)21(27)28-13-19(26)22-15-9-11-17(12-10-15)24-23-16-7-5-4-6-8-16/h4-12H,3,13H2,1-2H3,(H,22,26). The van der Waals surface area contributed by atoms with Gasteiger partial charge in [0.15, 0.2) is 6.61 Å². The predicted molar refractivity (Wildman–Crippen MR) is 107 cm³/mol. The van der Waals surface area contributed by atoms with Crippen LogP contribution in [0, 0.1) is 6.92 Å². The Labute approximate surface area is 167 Å². The van der Waals surface area contributed by atoms with E-state index < -0.39 is 18.5 Å². The van der Waals surface area contributed by atoms with Crippen molar-refractivity contribution in [1.29, 1.82) is 0 Å². The van der Waals surface area contributed by atoms with Gasteiger partial charge in [0, 0.05) is 5.69 Å². The van der Waals surface area contributed by atoms with Gasteiger partial charge >= 0.3 is 5.97 Å². The molecule has 0 bridgehead atoms. The summed E-state index contributed by atoms with van der Waals surface area (Å²) in [6.07, 6.45) is 0.530. The minimum absolute atomic E-state index is 0.272. The minimum atomic E-state index is -0.632. The lowest BCUT2D eigenvalue weighted by molar-refractivity contribution is -0.119. The van der Waals surface area contributed by atoms with Gasteiger partial charge in [-0.3, -0.25) is 4.79 Å². The number of hydrogen-bond donors (Lipinski definition) is 1. The lowest BCUT2D eigenvalue weighted by Gasteiger charge is -2.07. The van der Waals surface area contributed by atoms with Gasteiger partial charge in [-0.2, -0.15) is 10.2 Å². The van der Waals surface area contributed by atoms with Crippen molar-refractivity contribution in [2.45, 2.75) is 20.3 Å². The fraction of sp³-hybridized carbons (Fsp3) is 0.190. The molecule has 3 rings (SSSR count). The van der Waals surface area contributed by atoms with Crippen LogP contribution in [0.5, 0.6) is 0 Å². The Balaban J connectivity index is 1.52. The van der Waals surface area contributed by atoms with Crippen LogP contribution in [0.1, 0.15) is 28.7 Å². The van der Waals surface area contributed by atoms with E-state index in [0.29, 0.717) is 29.2 Å². The molecule has 1 amide bonds. The van der Waals surface area contributed by atoms with Crippen LogP contribution in [-0.2, 0) is 16.0 Å². The molecule has 0 aliphatic rings.